The van der Waals surface area contributed by atoms with Gasteiger partial charge >= 0.3 is 0 Å². The molecule has 0 unspecified atom stereocenters. The molecule has 0 bridgehead atoms. The van der Waals surface area contributed by atoms with Crippen molar-refractivity contribution in [2.75, 3.05) is 0 Å². The lowest BCUT2D eigenvalue weighted by Gasteiger charge is -2.25. The second kappa shape index (κ2) is 4.75. The number of nitrogens with one attached hydrogen (secondary N) is 1. The van der Waals surface area contributed by atoms with Crippen LogP contribution in [0, 0.1) is 13.8 Å². The van der Waals surface area contributed by atoms with Crippen molar-refractivity contribution in [2.45, 2.75) is 33.2 Å². The van der Waals surface area contributed by atoms with E-state index in [0.29, 0.717) is 17.0 Å². The lowest BCUT2D eigenvalue weighted by Crippen LogP contribution is -2.52. The highest BCUT2D eigenvalue weighted by atomic mass is 32.1. The summed E-state index contributed by atoms with van der Waals surface area (Å²) in [6.45, 7) is 7.02. The molecule has 0 aliphatic carbocycles. The van der Waals surface area contributed by atoms with Crippen LogP contribution in [0.4, 0.5) is 0 Å². The standard InChI is InChI=1S/C11H16N4OS/c1-6-5-8(7(2)15-14-6)9(16)13-11(3,4)10(12)17/h5H,1-4H3,(H2,12,17)(H,13,16). The molecule has 5 nitrogen and oxygen atoms in total. The number of carbonyl (C=O) groups is 1. The fourth-order valence-electron chi connectivity index (χ4n) is 1.19. The van der Waals surface area contributed by atoms with E-state index in [1.807, 2.05) is 0 Å². The summed E-state index contributed by atoms with van der Waals surface area (Å²) in [5, 5.41) is 10.5. The summed E-state index contributed by atoms with van der Waals surface area (Å²) >= 11 is 4.89. The Morgan fingerprint density at radius 2 is 2.00 bits per heavy atom. The van der Waals surface area contributed by atoms with Gasteiger partial charge in [-0.25, -0.2) is 0 Å². The van der Waals surface area contributed by atoms with Crippen molar-refractivity contribution in [1.82, 2.24) is 15.5 Å². The van der Waals surface area contributed by atoms with Gasteiger partial charge in [0.2, 0.25) is 0 Å². The topological polar surface area (TPSA) is 80.9 Å². The van der Waals surface area contributed by atoms with Crippen molar-refractivity contribution < 1.29 is 4.79 Å². The first kappa shape index (κ1) is 13.5. The predicted octanol–water partition coefficient (Wildman–Crippen LogP) is 0.888. The number of thiocarbonyl (C=S) groups is 1. The quantitative estimate of drug-likeness (QED) is 0.781. The van der Waals surface area contributed by atoms with Crippen molar-refractivity contribution in [3.8, 4) is 0 Å². The van der Waals surface area contributed by atoms with E-state index < -0.39 is 5.54 Å². The molecule has 0 atom stereocenters. The maximum absolute atomic E-state index is 12.0. The number of aromatic nitrogens is 2. The van der Waals surface area contributed by atoms with Crippen molar-refractivity contribution in [3.05, 3.63) is 23.0 Å². The first-order valence-electron chi connectivity index (χ1n) is 5.17. The maximum atomic E-state index is 12.0. The first-order chi connectivity index (χ1) is 7.74. The summed E-state index contributed by atoms with van der Waals surface area (Å²) in [5.41, 5.74) is 6.58. The summed E-state index contributed by atoms with van der Waals surface area (Å²) in [4.78, 5) is 12.3. The van der Waals surface area contributed by atoms with E-state index in [1.165, 1.54) is 0 Å². The summed E-state index contributed by atoms with van der Waals surface area (Å²) in [6, 6.07) is 1.69. The number of hydrogen-bond acceptors (Lipinski definition) is 4. The van der Waals surface area contributed by atoms with Crippen LogP contribution in [0.15, 0.2) is 6.07 Å². The van der Waals surface area contributed by atoms with Gasteiger partial charge in [-0.15, -0.1) is 0 Å². The van der Waals surface area contributed by atoms with Crippen LogP contribution in [0.25, 0.3) is 0 Å². The highest BCUT2D eigenvalue weighted by Crippen LogP contribution is 2.09. The lowest BCUT2D eigenvalue weighted by atomic mass is 10.0. The number of aryl methyl sites for hydroxylation is 2. The molecule has 0 spiro atoms. The molecule has 3 N–H and O–H groups in total. The molecule has 0 saturated carbocycles. The van der Waals surface area contributed by atoms with Gasteiger partial charge in [0.15, 0.2) is 0 Å². The van der Waals surface area contributed by atoms with Crippen LogP contribution < -0.4 is 11.1 Å². The predicted molar refractivity (Wildman–Crippen MR) is 69.8 cm³/mol. The fourth-order valence-corrected chi connectivity index (χ4v) is 1.24. The monoisotopic (exact) mass is 252 g/mol. The molecule has 6 heteroatoms. The fraction of sp³-hybridized carbons (Fsp3) is 0.455. The lowest BCUT2D eigenvalue weighted by molar-refractivity contribution is 0.0931. The third-order valence-corrected chi connectivity index (χ3v) is 2.90. The second-order valence-electron chi connectivity index (χ2n) is 4.43. The molecular weight excluding hydrogens is 236 g/mol. The Balaban J connectivity index is 2.98. The summed E-state index contributed by atoms with van der Waals surface area (Å²) < 4.78 is 0. The summed E-state index contributed by atoms with van der Waals surface area (Å²) in [6.07, 6.45) is 0. The Morgan fingerprint density at radius 1 is 1.41 bits per heavy atom. The Hall–Kier alpha value is -1.56. The minimum atomic E-state index is -0.726. The zero-order valence-electron chi connectivity index (χ0n) is 10.4. The van der Waals surface area contributed by atoms with E-state index in [2.05, 4.69) is 15.5 Å². The molecule has 0 saturated heterocycles. The molecule has 1 aromatic heterocycles. The number of amides is 1. The van der Waals surface area contributed by atoms with E-state index in [9.17, 15) is 4.79 Å². The van der Waals surface area contributed by atoms with Gasteiger partial charge in [0.25, 0.3) is 5.91 Å². The van der Waals surface area contributed by atoms with Crippen LogP contribution in [0.3, 0.4) is 0 Å². The van der Waals surface area contributed by atoms with Gasteiger partial charge in [0, 0.05) is 0 Å². The average Bonchev–Trinajstić information content (AvgIpc) is 2.20. The second-order valence-corrected chi connectivity index (χ2v) is 4.87. The van der Waals surface area contributed by atoms with Gasteiger partial charge < -0.3 is 11.1 Å². The Kier molecular flexibility index (Phi) is 3.77. The normalized spacial score (nSPS) is 11.1. The third-order valence-electron chi connectivity index (χ3n) is 2.39. The van der Waals surface area contributed by atoms with Gasteiger partial charge in [0.1, 0.15) is 0 Å². The van der Waals surface area contributed by atoms with E-state index in [1.54, 1.807) is 33.8 Å². The van der Waals surface area contributed by atoms with Gasteiger partial charge in [-0.1, -0.05) is 12.2 Å². The molecule has 0 aromatic carbocycles. The molecule has 92 valence electrons. The Bertz CT molecular complexity index is 471. The SMILES string of the molecule is Cc1cc(C(=O)NC(C)(C)C(N)=S)c(C)nn1. The van der Waals surface area contributed by atoms with Crippen LogP contribution in [0.2, 0.25) is 0 Å². The molecule has 0 radical (unpaired) electrons. The minimum absolute atomic E-state index is 0.238. The zero-order chi connectivity index (χ0) is 13.2. The largest absolute Gasteiger partial charge is 0.391 e. The first-order valence-corrected chi connectivity index (χ1v) is 5.58. The molecule has 1 rings (SSSR count). The number of rotatable bonds is 3. The van der Waals surface area contributed by atoms with Gasteiger partial charge in [0.05, 0.1) is 27.5 Å². The molecule has 0 aliphatic rings. The van der Waals surface area contributed by atoms with Crippen LogP contribution in [-0.2, 0) is 0 Å². The average molecular weight is 252 g/mol. The zero-order valence-corrected chi connectivity index (χ0v) is 11.2. The third kappa shape index (κ3) is 3.20. The van der Waals surface area contributed by atoms with Gasteiger partial charge in [-0.3, -0.25) is 4.79 Å². The Labute approximate surface area is 106 Å². The molecule has 0 aliphatic heterocycles. The molecule has 1 heterocycles. The van der Waals surface area contributed by atoms with Crippen LogP contribution in [-0.4, -0.2) is 26.6 Å². The molecular formula is C11H16N4OS. The molecule has 1 aromatic rings. The van der Waals surface area contributed by atoms with Crippen LogP contribution in [0.1, 0.15) is 35.6 Å². The van der Waals surface area contributed by atoms with E-state index >= 15 is 0 Å². The van der Waals surface area contributed by atoms with Crippen molar-refractivity contribution in [3.63, 3.8) is 0 Å². The van der Waals surface area contributed by atoms with Crippen LogP contribution in [0.5, 0.6) is 0 Å². The Morgan fingerprint density at radius 3 is 2.53 bits per heavy atom. The van der Waals surface area contributed by atoms with Crippen molar-refractivity contribution in [2.24, 2.45) is 5.73 Å². The number of carbonyl (C=O) groups excluding carboxylic acids is 1. The molecule has 17 heavy (non-hydrogen) atoms. The summed E-state index contributed by atoms with van der Waals surface area (Å²) in [5.74, 6) is -0.252. The number of nitrogens with two attached hydrogens (primary N) is 1. The molecule has 1 amide bonds. The summed E-state index contributed by atoms with van der Waals surface area (Å²) in [7, 11) is 0. The smallest absolute Gasteiger partial charge is 0.254 e. The van der Waals surface area contributed by atoms with E-state index in [4.69, 9.17) is 18.0 Å². The van der Waals surface area contributed by atoms with E-state index in [-0.39, 0.29) is 10.9 Å². The highest BCUT2D eigenvalue weighted by Gasteiger charge is 2.25. The number of nitrogens with zero attached hydrogens (tertiary/aromatic N) is 2. The molecule has 0 fully saturated rings. The van der Waals surface area contributed by atoms with Crippen LogP contribution >= 0.6 is 12.2 Å². The maximum Gasteiger partial charge on any atom is 0.254 e. The van der Waals surface area contributed by atoms with Crippen molar-refractivity contribution >= 4 is 23.1 Å². The highest BCUT2D eigenvalue weighted by molar-refractivity contribution is 7.80. The number of hydrogen-bond donors (Lipinski definition) is 2. The van der Waals surface area contributed by atoms with E-state index in [0.717, 1.165) is 0 Å². The van der Waals surface area contributed by atoms with Gasteiger partial charge in [-0.05, 0) is 33.8 Å². The minimum Gasteiger partial charge on any atom is -0.391 e. The van der Waals surface area contributed by atoms with Crippen molar-refractivity contribution in [1.29, 1.82) is 0 Å². The van der Waals surface area contributed by atoms with Gasteiger partial charge in [-0.2, -0.15) is 10.2 Å².